The molecule has 4 nitrogen and oxygen atoms in total. The Bertz CT molecular complexity index is 458. The van der Waals surface area contributed by atoms with Crippen LogP contribution in [0.15, 0.2) is 24.5 Å². The van der Waals surface area contributed by atoms with Gasteiger partial charge in [-0.25, -0.2) is 0 Å². The molecule has 112 valence electrons. The molecule has 1 fully saturated rings. The predicted molar refractivity (Wildman–Crippen MR) is 81.3 cm³/mol. The SMILES string of the molecule is CN(Cc1ccncc1)C1(CN)CC(C)(C)OC1(C)C. The third-order valence-electron chi connectivity index (χ3n) is 4.61. The lowest BCUT2D eigenvalue weighted by molar-refractivity contribution is -0.101. The number of hydrogen-bond acceptors (Lipinski definition) is 4. The van der Waals surface area contributed by atoms with Gasteiger partial charge in [-0.3, -0.25) is 9.88 Å². The molecule has 1 aliphatic rings. The summed E-state index contributed by atoms with van der Waals surface area (Å²) in [4.78, 5) is 6.42. The number of nitrogens with two attached hydrogens (primary N) is 1. The molecule has 1 saturated heterocycles. The van der Waals surface area contributed by atoms with Gasteiger partial charge in [0.1, 0.15) is 0 Å². The quantitative estimate of drug-likeness (QED) is 0.916. The first-order valence-corrected chi connectivity index (χ1v) is 7.23. The third kappa shape index (κ3) is 2.60. The zero-order chi connectivity index (χ0) is 15.0. The first-order valence-electron chi connectivity index (χ1n) is 7.23. The Balaban J connectivity index is 2.27. The molecule has 0 aliphatic carbocycles. The molecule has 0 radical (unpaired) electrons. The van der Waals surface area contributed by atoms with Crippen LogP contribution in [0.3, 0.4) is 0 Å². The van der Waals surface area contributed by atoms with Crippen molar-refractivity contribution in [2.45, 2.75) is 57.4 Å². The topological polar surface area (TPSA) is 51.4 Å². The summed E-state index contributed by atoms with van der Waals surface area (Å²) in [5.74, 6) is 0. The minimum atomic E-state index is -0.271. The molecule has 2 N–H and O–H groups in total. The highest BCUT2D eigenvalue weighted by Gasteiger charge is 2.58. The standard InChI is InChI=1S/C16H27N3O/c1-14(2)11-16(12-17,15(3,4)20-14)19(5)10-13-6-8-18-9-7-13/h6-9H,10-12,17H2,1-5H3. The van der Waals surface area contributed by atoms with Crippen LogP contribution in [0.1, 0.15) is 39.7 Å². The van der Waals surface area contributed by atoms with Crippen LogP contribution in [0.5, 0.6) is 0 Å². The average Bonchev–Trinajstić information content (AvgIpc) is 2.55. The maximum atomic E-state index is 6.27. The summed E-state index contributed by atoms with van der Waals surface area (Å²) in [5, 5.41) is 0. The second-order valence-electron chi connectivity index (χ2n) is 7.00. The van der Waals surface area contributed by atoms with E-state index in [-0.39, 0.29) is 16.7 Å². The number of ether oxygens (including phenoxy) is 1. The highest BCUT2D eigenvalue weighted by Crippen LogP contribution is 2.47. The highest BCUT2D eigenvalue weighted by molar-refractivity contribution is 5.16. The van der Waals surface area contributed by atoms with Gasteiger partial charge >= 0.3 is 0 Å². The number of hydrogen-bond donors (Lipinski definition) is 1. The molecule has 20 heavy (non-hydrogen) atoms. The molecule has 1 aromatic heterocycles. The van der Waals surface area contributed by atoms with Gasteiger partial charge in [0, 0.05) is 25.5 Å². The number of pyridine rings is 1. The van der Waals surface area contributed by atoms with Crippen molar-refractivity contribution in [2.75, 3.05) is 13.6 Å². The van der Waals surface area contributed by atoms with Crippen LogP contribution >= 0.6 is 0 Å². The Kier molecular flexibility index (Phi) is 3.93. The van der Waals surface area contributed by atoms with E-state index in [2.05, 4.69) is 56.8 Å². The van der Waals surface area contributed by atoms with Crippen LogP contribution in [-0.4, -0.2) is 40.2 Å². The molecule has 1 aliphatic heterocycles. The van der Waals surface area contributed by atoms with Crippen molar-refractivity contribution in [3.63, 3.8) is 0 Å². The Labute approximate surface area is 122 Å². The van der Waals surface area contributed by atoms with Crippen LogP contribution in [0.4, 0.5) is 0 Å². The van der Waals surface area contributed by atoms with Gasteiger partial charge in [0.25, 0.3) is 0 Å². The van der Waals surface area contributed by atoms with E-state index in [0.29, 0.717) is 6.54 Å². The van der Waals surface area contributed by atoms with Gasteiger partial charge in [0.2, 0.25) is 0 Å². The fraction of sp³-hybridized carbons (Fsp3) is 0.688. The van der Waals surface area contributed by atoms with Gasteiger partial charge in [-0.05, 0) is 58.9 Å². The van der Waals surface area contributed by atoms with Crippen LogP contribution in [0.25, 0.3) is 0 Å². The number of likely N-dealkylation sites (N-methyl/N-ethyl adjacent to an activating group) is 1. The van der Waals surface area contributed by atoms with E-state index < -0.39 is 0 Å². The average molecular weight is 277 g/mol. The second-order valence-corrected chi connectivity index (χ2v) is 7.00. The Morgan fingerprint density at radius 2 is 1.85 bits per heavy atom. The summed E-state index contributed by atoms with van der Waals surface area (Å²) < 4.78 is 6.27. The largest absolute Gasteiger partial charge is 0.368 e. The summed E-state index contributed by atoms with van der Waals surface area (Å²) >= 11 is 0. The third-order valence-corrected chi connectivity index (χ3v) is 4.61. The molecule has 0 saturated carbocycles. The fourth-order valence-corrected chi connectivity index (χ4v) is 3.72. The van der Waals surface area contributed by atoms with E-state index in [4.69, 9.17) is 10.5 Å². The molecule has 1 unspecified atom stereocenters. The van der Waals surface area contributed by atoms with Crippen molar-refractivity contribution >= 4 is 0 Å². The number of nitrogens with zero attached hydrogens (tertiary/aromatic N) is 2. The summed E-state index contributed by atoms with van der Waals surface area (Å²) in [7, 11) is 2.14. The number of rotatable bonds is 4. The summed E-state index contributed by atoms with van der Waals surface area (Å²) in [5.41, 5.74) is 6.86. The molecule has 1 atom stereocenters. The van der Waals surface area contributed by atoms with Crippen molar-refractivity contribution < 1.29 is 4.74 Å². The molecular formula is C16H27N3O. The molecule has 4 heteroatoms. The van der Waals surface area contributed by atoms with Crippen LogP contribution in [-0.2, 0) is 11.3 Å². The molecule has 1 aromatic rings. The van der Waals surface area contributed by atoms with Crippen molar-refractivity contribution in [3.8, 4) is 0 Å². The first-order chi connectivity index (χ1) is 9.22. The van der Waals surface area contributed by atoms with Crippen molar-refractivity contribution in [2.24, 2.45) is 5.73 Å². The van der Waals surface area contributed by atoms with Gasteiger partial charge in [-0.15, -0.1) is 0 Å². The molecule has 0 amide bonds. The maximum Gasteiger partial charge on any atom is 0.0830 e. The normalized spacial score (nSPS) is 27.9. The summed E-state index contributed by atoms with van der Waals surface area (Å²) in [6.45, 7) is 10.0. The molecule has 0 bridgehead atoms. The van der Waals surface area contributed by atoms with Crippen LogP contribution in [0, 0.1) is 0 Å². The fourth-order valence-electron chi connectivity index (χ4n) is 3.72. The van der Waals surface area contributed by atoms with Gasteiger partial charge in [-0.2, -0.15) is 0 Å². The van der Waals surface area contributed by atoms with E-state index in [9.17, 15) is 0 Å². The zero-order valence-electron chi connectivity index (χ0n) is 13.3. The second kappa shape index (κ2) is 5.10. The summed E-state index contributed by atoms with van der Waals surface area (Å²) in [6.07, 6.45) is 4.60. The van der Waals surface area contributed by atoms with E-state index in [1.807, 2.05) is 12.4 Å². The van der Waals surface area contributed by atoms with E-state index in [1.165, 1.54) is 5.56 Å². The van der Waals surface area contributed by atoms with Crippen LogP contribution < -0.4 is 5.73 Å². The molecule has 2 rings (SSSR count). The molecule has 0 aromatic carbocycles. The van der Waals surface area contributed by atoms with Gasteiger partial charge in [-0.1, -0.05) is 0 Å². The van der Waals surface area contributed by atoms with Gasteiger partial charge in [0.15, 0.2) is 0 Å². The molecule has 0 spiro atoms. The van der Waals surface area contributed by atoms with E-state index in [1.54, 1.807) is 0 Å². The zero-order valence-corrected chi connectivity index (χ0v) is 13.3. The summed E-state index contributed by atoms with van der Waals surface area (Å²) in [6, 6.07) is 4.10. The molecule has 2 heterocycles. The monoisotopic (exact) mass is 277 g/mol. The van der Waals surface area contributed by atoms with E-state index >= 15 is 0 Å². The minimum absolute atomic E-state index is 0.143. The first kappa shape index (κ1) is 15.4. The van der Waals surface area contributed by atoms with Crippen molar-refractivity contribution in [1.82, 2.24) is 9.88 Å². The Morgan fingerprint density at radius 1 is 1.25 bits per heavy atom. The smallest absolute Gasteiger partial charge is 0.0830 e. The number of aromatic nitrogens is 1. The molecular weight excluding hydrogens is 250 g/mol. The lowest BCUT2D eigenvalue weighted by Gasteiger charge is -2.46. The maximum absolute atomic E-state index is 6.27. The van der Waals surface area contributed by atoms with Crippen LogP contribution in [0.2, 0.25) is 0 Å². The van der Waals surface area contributed by atoms with Gasteiger partial charge in [0.05, 0.1) is 16.7 Å². The van der Waals surface area contributed by atoms with Crippen molar-refractivity contribution in [1.29, 1.82) is 0 Å². The van der Waals surface area contributed by atoms with Crippen molar-refractivity contribution in [3.05, 3.63) is 30.1 Å². The van der Waals surface area contributed by atoms with Gasteiger partial charge < -0.3 is 10.5 Å². The van der Waals surface area contributed by atoms with E-state index in [0.717, 1.165) is 13.0 Å². The lowest BCUT2D eigenvalue weighted by atomic mass is 9.77. The lowest BCUT2D eigenvalue weighted by Crippen LogP contribution is -2.61. The Hall–Kier alpha value is -0.970. The Morgan fingerprint density at radius 3 is 2.30 bits per heavy atom. The minimum Gasteiger partial charge on any atom is -0.368 e. The predicted octanol–water partition coefficient (Wildman–Crippen LogP) is 2.19. The highest BCUT2D eigenvalue weighted by atomic mass is 16.5.